The highest BCUT2D eigenvalue weighted by Gasteiger charge is 2.27. The molecule has 0 saturated heterocycles. The van der Waals surface area contributed by atoms with Gasteiger partial charge in [0.2, 0.25) is 0 Å². The van der Waals surface area contributed by atoms with Crippen LogP contribution in [0.1, 0.15) is 0 Å². The van der Waals surface area contributed by atoms with E-state index >= 15 is 0 Å². The number of hydrogen-bond acceptors (Lipinski definition) is 2. The summed E-state index contributed by atoms with van der Waals surface area (Å²) in [5.74, 6) is 0. The van der Waals surface area contributed by atoms with E-state index in [9.17, 15) is 0 Å². The summed E-state index contributed by atoms with van der Waals surface area (Å²) in [6.45, 7) is 0. The molecule has 0 spiro atoms. The number of para-hydroxylation sites is 4. The molecule has 10 aromatic rings. The van der Waals surface area contributed by atoms with Crippen LogP contribution in [-0.4, -0.2) is 14.0 Å². The molecule has 1 aliphatic rings. The standard InChI is InChI=1S/C39H21N3O/c1-2-11-23-22(10-1)24-14-9-15-26-31(21-20-25(23)34(24)26)41-30-17-6-3-12-27(30)35-37(41)38-36(28-13-4-8-19-33(28)43-38)42-32-18-7-5-16-29(32)40-39(35)42/h1-21H. The molecular weight excluding hydrogens is 526 g/mol. The van der Waals surface area contributed by atoms with Crippen LogP contribution in [0.3, 0.4) is 0 Å². The van der Waals surface area contributed by atoms with Gasteiger partial charge in [0.25, 0.3) is 0 Å². The zero-order valence-electron chi connectivity index (χ0n) is 22.9. The number of hydrogen-bond donors (Lipinski definition) is 0. The average molecular weight is 548 g/mol. The van der Waals surface area contributed by atoms with E-state index in [0.29, 0.717) is 0 Å². The first-order valence-electron chi connectivity index (χ1n) is 14.7. The lowest BCUT2D eigenvalue weighted by Gasteiger charge is -2.13. The summed E-state index contributed by atoms with van der Waals surface area (Å²) < 4.78 is 11.6. The normalized spacial score (nSPS) is 12.7. The zero-order chi connectivity index (χ0) is 27.8. The molecule has 0 bridgehead atoms. The molecule has 0 fully saturated rings. The molecule has 4 nitrogen and oxygen atoms in total. The lowest BCUT2D eigenvalue weighted by Crippen LogP contribution is -1.97. The number of aromatic nitrogens is 3. The van der Waals surface area contributed by atoms with Crippen molar-refractivity contribution in [2.24, 2.45) is 0 Å². The lowest BCUT2D eigenvalue weighted by molar-refractivity contribution is 0.670. The Labute approximate surface area is 244 Å². The molecule has 1 aliphatic carbocycles. The van der Waals surface area contributed by atoms with Crippen LogP contribution in [0.25, 0.3) is 99.3 Å². The molecule has 4 aromatic heterocycles. The second kappa shape index (κ2) is 7.50. The Morgan fingerprint density at radius 2 is 1.16 bits per heavy atom. The second-order valence-electron chi connectivity index (χ2n) is 11.5. The molecule has 4 heterocycles. The number of benzene rings is 6. The third-order valence-corrected chi connectivity index (χ3v) is 9.43. The topological polar surface area (TPSA) is 35.4 Å². The molecule has 4 heteroatoms. The molecule has 0 amide bonds. The average Bonchev–Trinajstić information content (AvgIpc) is 3.80. The van der Waals surface area contributed by atoms with Gasteiger partial charge in [-0.1, -0.05) is 91.0 Å². The van der Waals surface area contributed by atoms with E-state index in [1.807, 2.05) is 6.07 Å². The minimum Gasteiger partial charge on any atom is -0.452 e. The first-order valence-corrected chi connectivity index (χ1v) is 14.7. The van der Waals surface area contributed by atoms with Crippen LogP contribution in [0, 0.1) is 0 Å². The van der Waals surface area contributed by atoms with Crippen molar-refractivity contribution in [1.82, 2.24) is 14.0 Å². The third kappa shape index (κ3) is 2.52. The van der Waals surface area contributed by atoms with E-state index in [-0.39, 0.29) is 0 Å². The van der Waals surface area contributed by atoms with E-state index in [0.717, 1.165) is 66.2 Å². The molecule has 43 heavy (non-hydrogen) atoms. The van der Waals surface area contributed by atoms with Crippen LogP contribution in [0.4, 0.5) is 0 Å². The fraction of sp³-hybridized carbons (Fsp3) is 0. The number of pyridine rings is 1. The van der Waals surface area contributed by atoms with Gasteiger partial charge in [0.15, 0.2) is 5.58 Å². The Kier molecular flexibility index (Phi) is 3.80. The molecule has 198 valence electrons. The molecule has 11 rings (SSSR count). The number of imidazole rings is 1. The molecule has 0 atom stereocenters. The smallest absolute Gasteiger partial charge is 0.177 e. The van der Waals surface area contributed by atoms with Gasteiger partial charge in [-0.05, 0) is 64.0 Å². The van der Waals surface area contributed by atoms with Gasteiger partial charge in [-0.3, -0.25) is 4.40 Å². The fourth-order valence-corrected chi connectivity index (χ4v) is 7.75. The van der Waals surface area contributed by atoms with Gasteiger partial charge < -0.3 is 8.98 Å². The SMILES string of the molecule is c1ccc2c(c1)-c1cccc3c(-n4c5ccccc5c5c4c4oc6ccccc6c4n4c6ccccc6nc54)ccc-2c13. The van der Waals surface area contributed by atoms with E-state index in [2.05, 4.69) is 130 Å². The number of rotatable bonds is 1. The van der Waals surface area contributed by atoms with Crippen LogP contribution < -0.4 is 0 Å². The summed E-state index contributed by atoms with van der Waals surface area (Å²) in [4.78, 5) is 5.27. The molecule has 0 aliphatic heterocycles. The molecule has 0 radical (unpaired) electrons. The van der Waals surface area contributed by atoms with E-state index < -0.39 is 0 Å². The van der Waals surface area contributed by atoms with Gasteiger partial charge >= 0.3 is 0 Å². The lowest BCUT2D eigenvalue weighted by atomic mass is 10.0. The molecule has 0 unspecified atom stereocenters. The van der Waals surface area contributed by atoms with Crippen molar-refractivity contribution in [3.05, 3.63) is 127 Å². The fourth-order valence-electron chi connectivity index (χ4n) is 7.75. The Bertz CT molecular complexity index is 2820. The highest BCUT2D eigenvalue weighted by molar-refractivity contribution is 6.27. The van der Waals surface area contributed by atoms with Crippen LogP contribution in [0.5, 0.6) is 0 Å². The van der Waals surface area contributed by atoms with Gasteiger partial charge in [0, 0.05) is 16.2 Å². The van der Waals surface area contributed by atoms with Gasteiger partial charge in [-0.25, -0.2) is 4.98 Å². The highest BCUT2D eigenvalue weighted by Crippen LogP contribution is 2.50. The van der Waals surface area contributed by atoms with Crippen LogP contribution in [0.15, 0.2) is 132 Å². The molecule has 6 aromatic carbocycles. The summed E-state index contributed by atoms with van der Waals surface area (Å²) in [6, 6.07) is 45.5. The predicted molar refractivity (Wildman–Crippen MR) is 176 cm³/mol. The first kappa shape index (κ1) is 21.8. The van der Waals surface area contributed by atoms with Gasteiger partial charge in [0.1, 0.15) is 22.3 Å². The van der Waals surface area contributed by atoms with E-state index in [1.54, 1.807) is 0 Å². The minimum absolute atomic E-state index is 0.870. The maximum Gasteiger partial charge on any atom is 0.177 e. The quantitative estimate of drug-likeness (QED) is 0.205. The van der Waals surface area contributed by atoms with Crippen LogP contribution in [0.2, 0.25) is 0 Å². The Hall–Kier alpha value is -5.87. The van der Waals surface area contributed by atoms with Crippen molar-refractivity contribution in [3.8, 4) is 27.9 Å². The van der Waals surface area contributed by atoms with Crippen LogP contribution >= 0.6 is 0 Å². The third-order valence-electron chi connectivity index (χ3n) is 9.43. The second-order valence-corrected chi connectivity index (χ2v) is 11.5. The summed E-state index contributed by atoms with van der Waals surface area (Å²) in [6.07, 6.45) is 0. The monoisotopic (exact) mass is 547 g/mol. The maximum absolute atomic E-state index is 6.84. The predicted octanol–water partition coefficient (Wildman–Crippen LogP) is 10.3. The number of fused-ring (bicyclic) bond motifs is 15. The number of nitrogens with zero attached hydrogens (tertiary/aromatic N) is 3. The molecule has 0 saturated carbocycles. The van der Waals surface area contributed by atoms with Gasteiger partial charge in [-0.15, -0.1) is 0 Å². The Morgan fingerprint density at radius 1 is 0.488 bits per heavy atom. The van der Waals surface area contributed by atoms with Crippen molar-refractivity contribution in [2.45, 2.75) is 0 Å². The van der Waals surface area contributed by atoms with E-state index in [1.165, 1.54) is 33.0 Å². The highest BCUT2D eigenvalue weighted by atomic mass is 16.3. The summed E-state index contributed by atoms with van der Waals surface area (Å²) >= 11 is 0. The van der Waals surface area contributed by atoms with Crippen molar-refractivity contribution >= 4 is 71.3 Å². The van der Waals surface area contributed by atoms with Crippen molar-refractivity contribution in [3.63, 3.8) is 0 Å². The van der Waals surface area contributed by atoms with E-state index in [4.69, 9.17) is 9.40 Å². The summed E-state index contributed by atoms with van der Waals surface area (Å²) in [5.41, 5.74) is 14.3. The van der Waals surface area contributed by atoms with Crippen molar-refractivity contribution in [1.29, 1.82) is 0 Å². The van der Waals surface area contributed by atoms with Crippen molar-refractivity contribution < 1.29 is 4.42 Å². The van der Waals surface area contributed by atoms with Crippen LogP contribution in [-0.2, 0) is 0 Å². The Morgan fingerprint density at radius 3 is 2.05 bits per heavy atom. The minimum atomic E-state index is 0.870. The summed E-state index contributed by atoms with van der Waals surface area (Å²) in [5, 5.41) is 5.88. The maximum atomic E-state index is 6.84. The zero-order valence-corrected chi connectivity index (χ0v) is 22.9. The molecule has 0 N–H and O–H groups in total. The first-order chi connectivity index (χ1) is 21.4. The molecular formula is C39H21N3O. The number of furan rings is 1. The van der Waals surface area contributed by atoms with Gasteiger partial charge in [0.05, 0.1) is 27.6 Å². The Balaban J connectivity index is 1.42. The van der Waals surface area contributed by atoms with Crippen molar-refractivity contribution in [2.75, 3.05) is 0 Å². The largest absolute Gasteiger partial charge is 0.452 e. The van der Waals surface area contributed by atoms with Gasteiger partial charge in [-0.2, -0.15) is 0 Å². The summed E-state index contributed by atoms with van der Waals surface area (Å²) in [7, 11) is 0.